The van der Waals surface area contributed by atoms with Crippen LogP contribution in [0.3, 0.4) is 0 Å². The van der Waals surface area contributed by atoms with Gasteiger partial charge in [0.1, 0.15) is 8.96 Å². The second-order valence-electron chi connectivity index (χ2n) is 3.40. The summed E-state index contributed by atoms with van der Waals surface area (Å²) in [6, 6.07) is 1.34. The maximum absolute atomic E-state index is 6.00. The van der Waals surface area contributed by atoms with Gasteiger partial charge in [0.15, 0.2) is 0 Å². The van der Waals surface area contributed by atoms with Crippen LogP contribution in [-0.4, -0.2) is 8.96 Å². The number of unbranched alkanes of at least 4 members (excludes halogenated alkanes) is 2. The van der Waals surface area contributed by atoms with E-state index >= 15 is 0 Å². The normalized spacial score (nSPS) is 14.1. The van der Waals surface area contributed by atoms with Crippen LogP contribution in [-0.2, 0) is 0 Å². The highest BCUT2D eigenvalue weighted by molar-refractivity contribution is 6.56. The molecule has 10 heavy (non-hydrogen) atoms. The van der Waals surface area contributed by atoms with Crippen LogP contribution in [0.4, 0.5) is 0 Å². The van der Waals surface area contributed by atoms with E-state index in [1.807, 2.05) is 0 Å². The summed E-state index contributed by atoms with van der Waals surface area (Å²) in [5.41, 5.74) is 0.789. The van der Waals surface area contributed by atoms with E-state index in [4.69, 9.17) is 5.40 Å². The van der Waals surface area contributed by atoms with Crippen LogP contribution in [0.5, 0.6) is 0 Å². The van der Waals surface area contributed by atoms with E-state index < -0.39 is 8.96 Å². The molecule has 0 saturated heterocycles. The molecule has 0 bridgehead atoms. The van der Waals surface area contributed by atoms with Crippen LogP contribution in [0.2, 0.25) is 11.6 Å². The fourth-order valence-corrected chi connectivity index (χ4v) is 2.39. The van der Waals surface area contributed by atoms with Crippen LogP contribution in [0, 0.1) is 0 Å². The van der Waals surface area contributed by atoms with Crippen molar-refractivity contribution in [2.45, 2.75) is 51.6 Å². The van der Waals surface area contributed by atoms with Crippen molar-refractivity contribution in [3.8, 4) is 0 Å². The van der Waals surface area contributed by atoms with Gasteiger partial charge in [0.05, 0.1) is 0 Å². The molecule has 0 aromatic heterocycles. The first-order valence-electron chi connectivity index (χ1n) is 4.44. The molecule has 1 atom stereocenters. The number of rotatable bonds is 5. The summed E-state index contributed by atoms with van der Waals surface area (Å²) < 4.78 is 0. The summed E-state index contributed by atoms with van der Waals surface area (Å²) in [6.07, 6.45) is 4.05. The monoisotopic (exact) mass is 159 g/mol. The predicted molar refractivity (Wildman–Crippen MR) is 50.8 cm³/mol. The maximum Gasteiger partial charge on any atom is 0.108 e. The molecule has 62 valence electrons. The first-order chi connectivity index (χ1) is 4.68. The van der Waals surface area contributed by atoms with Gasteiger partial charge < -0.3 is 5.40 Å². The Labute approximate surface area is 66.7 Å². The van der Waals surface area contributed by atoms with Crippen molar-refractivity contribution in [2.75, 3.05) is 0 Å². The molecule has 0 heterocycles. The highest BCUT2D eigenvalue weighted by atomic mass is 28.3. The lowest BCUT2D eigenvalue weighted by Gasteiger charge is -2.12. The van der Waals surface area contributed by atoms with Gasteiger partial charge in [-0.1, -0.05) is 40.0 Å². The van der Waals surface area contributed by atoms with Gasteiger partial charge in [0, 0.05) is 0 Å². The summed E-state index contributed by atoms with van der Waals surface area (Å²) in [5, 5.41) is 6.00. The van der Waals surface area contributed by atoms with Crippen molar-refractivity contribution in [1.82, 2.24) is 0 Å². The summed E-state index contributed by atoms with van der Waals surface area (Å²) in [4.78, 5) is 0. The van der Waals surface area contributed by atoms with Crippen molar-refractivity contribution >= 4 is 8.96 Å². The average molecular weight is 159 g/mol. The van der Waals surface area contributed by atoms with E-state index in [2.05, 4.69) is 20.8 Å². The summed E-state index contributed by atoms with van der Waals surface area (Å²) in [6.45, 7) is 6.74. The van der Waals surface area contributed by atoms with Crippen LogP contribution < -0.4 is 5.40 Å². The van der Waals surface area contributed by atoms with E-state index in [0.29, 0.717) is 0 Å². The second kappa shape index (κ2) is 5.92. The molecule has 2 N–H and O–H groups in total. The van der Waals surface area contributed by atoms with Gasteiger partial charge in [-0.25, -0.2) is 0 Å². The lowest BCUT2D eigenvalue weighted by atomic mass is 10.3. The minimum atomic E-state index is -0.807. The predicted octanol–water partition coefficient (Wildman–Crippen LogP) is 2.27. The third kappa shape index (κ3) is 5.00. The molecule has 0 fully saturated rings. The Morgan fingerprint density at radius 1 is 1.30 bits per heavy atom. The zero-order valence-corrected chi connectivity index (χ0v) is 8.72. The number of nitrogens with two attached hydrogens (primary N) is 1. The van der Waals surface area contributed by atoms with Gasteiger partial charge in [-0.3, -0.25) is 0 Å². The molecule has 2 heteroatoms. The average Bonchev–Trinajstić information content (AvgIpc) is 1.88. The molecule has 0 spiro atoms. The Morgan fingerprint density at radius 2 is 1.90 bits per heavy atom. The van der Waals surface area contributed by atoms with Gasteiger partial charge in [0.2, 0.25) is 0 Å². The van der Waals surface area contributed by atoms with Gasteiger partial charge in [-0.2, -0.15) is 0 Å². The third-order valence-electron chi connectivity index (χ3n) is 2.00. The maximum atomic E-state index is 6.00. The lowest BCUT2D eigenvalue weighted by Crippen LogP contribution is -2.28. The zero-order chi connectivity index (χ0) is 7.98. The quantitative estimate of drug-likeness (QED) is 0.483. The molecule has 0 aromatic carbocycles. The fourth-order valence-electron chi connectivity index (χ4n) is 0.963. The SMILES string of the molecule is CCCCC[SiH](N)C(C)C. The Balaban J connectivity index is 3.13. The zero-order valence-electron chi connectivity index (χ0n) is 7.56. The van der Waals surface area contributed by atoms with E-state index in [9.17, 15) is 0 Å². The van der Waals surface area contributed by atoms with Crippen molar-refractivity contribution in [1.29, 1.82) is 0 Å². The van der Waals surface area contributed by atoms with Crippen molar-refractivity contribution in [3.05, 3.63) is 0 Å². The molecule has 0 aliphatic carbocycles. The molecule has 1 nitrogen and oxygen atoms in total. The molecule has 0 radical (unpaired) electrons. The van der Waals surface area contributed by atoms with E-state index in [1.54, 1.807) is 0 Å². The van der Waals surface area contributed by atoms with Gasteiger partial charge in [0.25, 0.3) is 0 Å². The van der Waals surface area contributed by atoms with Crippen molar-refractivity contribution < 1.29 is 0 Å². The highest BCUT2D eigenvalue weighted by Gasteiger charge is 2.07. The molecule has 1 unspecified atom stereocenters. The Bertz CT molecular complexity index is 73.7. The molecule has 0 aliphatic heterocycles. The van der Waals surface area contributed by atoms with Gasteiger partial charge in [-0.05, 0) is 11.6 Å². The summed E-state index contributed by atoms with van der Waals surface area (Å²) in [7, 11) is -0.807. The van der Waals surface area contributed by atoms with E-state index in [1.165, 1.54) is 25.3 Å². The fraction of sp³-hybridized carbons (Fsp3) is 1.00. The molecule has 0 rings (SSSR count). The van der Waals surface area contributed by atoms with Crippen LogP contribution in [0.15, 0.2) is 0 Å². The van der Waals surface area contributed by atoms with Crippen molar-refractivity contribution in [2.24, 2.45) is 5.40 Å². The first-order valence-corrected chi connectivity index (χ1v) is 6.59. The van der Waals surface area contributed by atoms with Crippen LogP contribution in [0.1, 0.15) is 40.0 Å². The molecular formula is C8H21NSi. The summed E-state index contributed by atoms with van der Waals surface area (Å²) >= 11 is 0. The van der Waals surface area contributed by atoms with Gasteiger partial charge >= 0.3 is 0 Å². The van der Waals surface area contributed by atoms with Gasteiger partial charge in [-0.15, -0.1) is 0 Å². The minimum Gasteiger partial charge on any atom is -0.353 e. The third-order valence-corrected chi connectivity index (χ3v) is 4.78. The first kappa shape index (κ1) is 10.2. The Morgan fingerprint density at radius 3 is 2.30 bits per heavy atom. The smallest absolute Gasteiger partial charge is 0.108 e. The Hall–Kier alpha value is 0.177. The molecule has 0 aliphatic rings. The summed E-state index contributed by atoms with van der Waals surface area (Å²) in [5.74, 6) is 0. The highest BCUT2D eigenvalue weighted by Crippen LogP contribution is 2.10. The Kier molecular flexibility index (Phi) is 6.03. The standard InChI is InChI=1S/C8H21NSi/c1-4-5-6-7-10(9)8(2)3/h8,10H,4-7,9H2,1-3H3. The minimum absolute atomic E-state index is 0.789. The number of hydrogen-bond donors (Lipinski definition) is 1. The number of hydrogen-bond acceptors (Lipinski definition) is 1. The molecular weight excluding hydrogens is 138 g/mol. The topological polar surface area (TPSA) is 26.0 Å². The van der Waals surface area contributed by atoms with Crippen molar-refractivity contribution in [3.63, 3.8) is 0 Å². The molecule has 0 amide bonds. The van der Waals surface area contributed by atoms with Crippen LogP contribution >= 0.6 is 0 Å². The second-order valence-corrected chi connectivity index (χ2v) is 6.64. The largest absolute Gasteiger partial charge is 0.353 e. The molecule has 0 saturated carbocycles. The molecule has 0 aromatic rings. The lowest BCUT2D eigenvalue weighted by molar-refractivity contribution is 0.759. The van der Waals surface area contributed by atoms with Crippen LogP contribution in [0.25, 0.3) is 0 Å². The van der Waals surface area contributed by atoms with E-state index in [-0.39, 0.29) is 0 Å². The van der Waals surface area contributed by atoms with E-state index in [0.717, 1.165) is 5.54 Å².